The van der Waals surface area contributed by atoms with Gasteiger partial charge in [-0.25, -0.2) is 14.8 Å². The molecule has 1 aliphatic heterocycles. The van der Waals surface area contributed by atoms with Gasteiger partial charge in [-0.3, -0.25) is 4.79 Å². The van der Waals surface area contributed by atoms with Crippen LogP contribution in [0.1, 0.15) is 29.3 Å². The van der Waals surface area contributed by atoms with Crippen molar-refractivity contribution >= 4 is 17.6 Å². The van der Waals surface area contributed by atoms with Gasteiger partial charge < -0.3 is 10.0 Å². The van der Waals surface area contributed by atoms with E-state index in [9.17, 15) is 9.59 Å². The number of rotatable bonds is 3. The van der Waals surface area contributed by atoms with Crippen molar-refractivity contribution in [2.24, 2.45) is 0 Å². The van der Waals surface area contributed by atoms with Gasteiger partial charge in [-0.1, -0.05) is 6.92 Å². The SMILES string of the molecule is CCC(=O)N1CCc2cc(-c3ncc(C(=O)O)cn3)ccc21. The molecule has 0 radical (unpaired) electrons. The Balaban J connectivity index is 1.91. The maximum Gasteiger partial charge on any atom is 0.338 e. The molecular weight excluding hydrogens is 282 g/mol. The zero-order valence-corrected chi connectivity index (χ0v) is 12.1. The summed E-state index contributed by atoms with van der Waals surface area (Å²) in [6.45, 7) is 2.55. The molecular formula is C16H15N3O3. The van der Waals surface area contributed by atoms with Crippen molar-refractivity contribution in [3.63, 3.8) is 0 Å². The van der Waals surface area contributed by atoms with E-state index >= 15 is 0 Å². The number of carboxylic acids is 1. The van der Waals surface area contributed by atoms with E-state index < -0.39 is 5.97 Å². The van der Waals surface area contributed by atoms with E-state index in [1.165, 1.54) is 12.4 Å². The Labute approximate surface area is 127 Å². The molecule has 22 heavy (non-hydrogen) atoms. The molecule has 1 aromatic carbocycles. The lowest BCUT2D eigenvalue weighted by molar-refractivity contribution is -0.118. The van der Waals surface area contributed by atoms with Gasteiger partial charge in [0.25, 0.3) is 0 Å². The number of hydrogen-bond acceptors (Lipinski definition) is 4. The number of carbonyl (C=O) groups is 2. The van der Waals surface area contributed by atoms with Gasteiger partial charge >= 0.3 is 5.97 Å². The topological polar surface area (TPSA) is 83.4 Å². The van der Waals surface area contributed by atoms with Gasteiger partial charge in [0.2, 0.25) is 5.91 Å². The van der Waals surface area contributed by atoms with Crippen molar-refractivity contribution in [2.75, 3.05) is 11.4 Å². The van der Waals surface area contributed by atoms with Crippen LogP contribution < -0.4 is 4.90 Å². The van der Waals surface area contributed by atoms with E-state index in [-0.39, 0.29) is 11.5 Å². The second-order valence-corrected chi connectivity index (χ2v) is 5.09. The number of aromatic nitrogens is 2. The lowest BCUT2D eigenvalue weighted by Crippen LogP contribution is -2.27. The van der Waals surface area contributed by atoms with Gasteiger partial charge in [0.15, 0.2) is 5.82 Å². The van der Waals surface area contributed by atoms with Gasteiger partial charge in [0, 0.05) is 36.6 Å². The Hall–Kier alpha value is -2.76. The maximum absolute atomic E-state index is 11.9. The Bertz CT molecular complexity index is 741. The molecule has 1 aromatic heterocycles. The third kappa shape index (κ3) is 2.43. The summed E-state index contributed by atoms with van der Waals surface area (Å²) in [6, 6.07) is 5.73. The van der Waals surface area contributed by atoms with Crippen LogP contribution >= 0.6 is 0 Å². The largest absolute Gasteiger partial charge is 0.478 e. The van der Waals surface area contributed by atoms with E-state index in [0.717, 1.165) is 23.2 Å². The minimum Gasteiger partial charge on any atom is -0.478 e. The van der Waals surface area contributed by atoms with E-state index in [1.807, 2.05) is 25.1 Å². The molecule has 1 aliphatic rings. The standard InChI is InChI=1S/C16H15N3O3/c1-2-14(20)19-6-5-10-7-11(3-4-13(10)19)15-17-8-12(9-18-15)16(21)22/h3-4,7-9H,2,5-6H2,1H3,(H,21,22). The third-order valence-electron chi connectivity index (χ3n) is 3.74. The van der Waals surface area contributed by atoms with Crippen molar-refractivity contribution in [3.8, 4) is 11.4 Å². The molecule has 0 atom stereocenters. The number of hydrogen-bond donors (Lipinski definition) is 1. The molecule has 6 nitrogen and oxygen atoms in total. The summed E-state index contributed by atoms with van der Waals surface area (Å²) < 4.78 is 0. The number of benzene rings is 1. The number of anilines is 1. The second-order valence-electron chi connectivity index (χ2n) is 5.09. The predicted molar refractivity (Wildman–Crippen MR) is 80.8 cm³/mol. The maximum atomic E-state index is 11.9. The highest BCUT2D eigenvalue weighted by Crippen LogP contribution is 2.31. The summed E-state index contributed by atoms with van der Waals surface area (Å²) in [5.41, 5.74) is 2.91. The molecule has 0 spiro atoms. The van der Waals surface area contributed by atoms with Crippen molar-refractivity contribution in [1.82, 2.24) is 9.97 Å². The van der Waals surface area contributed by atoms with E-state index in [2.05, 4.69) is 9.97 Å². The van der Waals surface area contributed by atoms with Gasteiger partial charge in [-0.15, -0.1) is 0 Å². The fourth-order valence-electron chi connectivity index (χ4n) is 2.58. The van der Waals surface area contributed by atoms with Crippen LogP contribution in [0.2, 0.25) is 0 Å². The molecule has 3 rings (SSSR count). The molecule has 6 heteroatoms. The summed E-state index contributed by atoms with van der Waals surface area (Å²) in [5, 5.41) is 8.86. The fraction of sp³-hybridized carbons (Fsp3) is 0.250. The smallest absolute Gasteiger partial charge is 0.338 e. The zero-order valence-electron chi connectivity index (χ0n) is 12.1. The first-order valence-electron chi connectivity index (χ1n) is 7.09. The number of amides is 1. The van der Waals surface area contributed by atoms with Gasteiger partial charge in [0.1, 0.15) is 0 Å². The van der Waals surface area contributed by atoms with Crippen molar-refractivity contribution in [3.05, 3.63) is 41.7 Å². The lowest BCUT2D eigenvalue weighted by atomic mass is 10.1. The fourth-order valence-corrected chi connectivity index (χ4v) is 2.58. The number of fused-ring (bicyclic) bond motifs is 1. The molecule has 0 bridgehead atoms. The summed E-state index contributed by atoms with van der Waals surface area (Å²) in [4.78, 5) is 32.7. The first-order valence-corrected chi connectivity index (χ1v) is 7.09. The van der Waals surface area contributed by atoms with Crippen LogP contribution in [0.3, 0.4) is 0 Å². The predicted octanol–water partition coefficient (Wildman–Crippen LogP) is 2.14. The normalized spacial score (nSPS) is 13.0. The van der Waals surface area contributed by atoms with Crippen LogP contribution in [0.4, 0.5) is 5.69 Å². The molecule has 0 saturated carbocycles. The second kappa shape index (κ2) is 5.55. The van der Waals surface area contributed by atoms with Gasteiger partial charge in [-0.05, 0) is 30.2 Å². The van der Waals surface area contributed by atoms with Crippen LogP contribution in [0.25, 0.3) is 11.4 Å². The van der Waals surface area contributed by atoms with E-state index in [1.54, 1.807) is 4.90 Å². The van der Waals surface area contributed by atoms with Crippen molar-refractivity contribution in [1.29, 1.82) is 0 Å². The number of carbonyl (C=O) groups excluding carboxylic acids is 1. The highest BCUT2D eigenvalue weighted by molar-refractivity contribution is 5.95. The molecule has 2 aromatic rings. The Morgan fingerprint density at radius 1 is 1.27 bits per heavy atom. The Morgan fingerprint density at radius 3 is 2.64 bits per heavy atom. The third-order valence-corrected chi connectivity index (χ3v) is 3.74. The van der Waals surface area contributed by atoms with Crippen molar-refractivity contribution in [2.45, 2.75) is 19.8 Å². The molecule has 0 fully saturated rings. The molecule has 112 valence electrons. The first kappa shape index (κ1) is 14.2. The van der Waals surface area contributed by atoms with Crippen LogP contribution in [0, 0.1) is 0 Å². The summed E-state index contributed by atoms with van der Waals surface area (Å²) in [7, 11) is 0. The molecule has 0 unspecified atom stereocenters. The first-order chi connectivity index (χ1) is 10.6. The van der Waals surface area contributed by atoms with Crippen LogP contribution in [0.15, 0.2) is 30.6 Å². The Kier molecular flexibility index (Phi) is 3.58. The number of aromatic carboxylic acids is 1. The van der Waals surface area contributed by atoms with Crippen LogP contribution in [-0.4, -0.2) is 33.5 Å². The highest BCUT2D eigenvalue weighted by Gasteiger charge is 2.23. The lowest BCUT2D eigenvalue weighted by Gasteiger charge is -2.16. The molecule has 2 heterocycles. The highest BCUT2D eigenvalue weighted by atomic mass is 16.4. The zero-order chi connectivity index (χ0) is 15.7. The quantitative estimate of drug-likeness (QED) is 0.938. The summed E-state index contributed by atoms with van der Waals surface area (Å²) >= 11 is 0. The van der Waals surface area contributed by atoms with Crippen LogP contribution in [0.5, 0.6) is 0 Å². The number of nitrogens with zero attached hydrogens (tertiary/aromatic N) is 3. The molecule has 0 saturated heterocycles. The molecule has 1 amide bonds. The van der Waals surface area contributed by atoms with Crippen LogP contribution in [-0.2, 0) is 11.2 Å². The average Bonchev–Trinajstić information content (AvgIpc) is 2.97. The van der Waals surface area contributed by atoms with Crippen molar-refractivity contribution < 1.29 is 14.7 Å². The summed E-state index contributed by atoms with van der Waals surface area (Å²) in [5.74, 6) is -0.448. The minimum absolute atomic E-state index is 0.0598. The van der Waals surface area contributed by atoms with E-state index in [4.69, 9.17) is 5.11 Å². The van der Waals surface area contributed by atoms with Gasteiger partial charge in [-0.2, -0.15) is 0 Å². The monoisotopic (exact) mass is 297 g/mol. The molecule has 0 aliphatic carbocycles. The van der Waals surface area contributed by atoms with Gasteiger partial charge in [0.05, 0.1) is 5.56 Å². The summed E-state index contributed by atoms with van der Waals surface area (Å²) in [6.07, 6.45) is 3.89. The number of carboxylic acid groups (broad SMARTS) is 1. The van der Waals surface area contributed by atoms with E-state index in [0.29, 0.717) is 18.8 Å². The average molecular weight is 297 g/mol. The molecule has 1 N–H and O–H groups in total. The Morgan fingerprint density at radius 2 is 2.00 bits per heavy atom. The minimum atomic E-state index is -1.05.